The maximum Gasteiger partial charge on any atom is 0.123 e. The van der Waals surface area contributed by atoms with Gasteiger partial charge in [0.1, 0.15) is 17.8 Å². The zero-order valence-electron chi connectivity index (χ0n) is 21.4. The fraction of sp³-hybridized carbons (Fsp3) is 0.567. The van der Waals surface area contributed by atoms with E-state index >= 15 is 0 Å². The average molecular weight is 467 g/mol. The largest absolute Gasteiger partial charge is 0.496 e. The minimum absolute atomic E-state index is 0.297. The molecule has 2 aliphatic carbocycles. The highest BCUT2D eigenvalue weighted by Gasteiger charge is 2.23. The van der Waals surface area contributed by atoms with Gasteiger partial charge in [-0.2, -0.15) is 0 Å². The van der Waals surface area contributed by atoms with Crippen LogP contribution in [0.25, 0.3) is 0 Å². The number of benzene rings is 2. The van der Waals surface area contributed by atoms with Crippen molar-refractivity contribution < 1.29 is 19.4 Å². The summed E-state index contributed by atoms with van der Waals surface area (Å²) < 4.78 is 10.6. The van der Waals surface area contributed by atoms with Crippen LogP contribution in [0.5, 0.6) is 11.5 Å². The van der Waals surface area contributed by atoms with Crippen LogP contribution in [-0.2, 0) is 4.79 Å². The first kappa shape index (κ1) is 26.3. The molecule has 34 heavy (non-hydrogen) atoms. The Kier molecular flexibility index (Phi) is 10.0. The number of aliphatic hydroxyl groups excluding tert-OH is 1. The first-order valence-corrected chi connectivity index (χ1v) is 12.8. The molecule has 0 atom stereocenters. The molecule has 0 amide bonds. The van der Waals surface area contributed by atoms with Crippen molar-refractivity contribution in [1.29, 1.82) is 0 Å². The van der Waals surface area contributed by atoms with Crippen molar-refractivity contribution in [2.24, 2.45) is 11.8 Å². The molecule has 2 aromatic rings. The summed E-state index contributed by atoms with van der Waals surface area (Å²) in [6.07, 6.45) is 10.2. The van der Waals surface area contributed by atoms with Crippen LogP contribution in [0.15, 0.2) is 36.4 Å². The van der Waals surface area contributed by atoms with Crippen LogP contribution in [0.1, 0.15) is 85.5 Å². The molecule has 0 saturated heterocycles. The number of hydrogen-bond acceptors (Lipinski definition) is 4. The molecule has 0 bridgehead atoms. The minimum atomic E-state index is 0.297. The van der Waals surface area contributed by atoms with E-state index < -0.39 is 0 Å². The second-order valence-electron chi connectivity index (χ2n) is 10.1. The van der Waals surface area contributed by atoms with Crippen molar-refractivity contribution in [2.75, 3.05) is 20.8 Å². The van der Waals surface area contributed by atoms with E-state index in [4.69, 9.17) is 14.6 Å². The van der Waals surface area contributed by atoms with E-state index in [1.807, 2.05) is 0 Å². The zero-order valence-corrected chi connectivity index (χ0v) is 21.4. The standard InChI is InChI=1S/C15H22O2.C15H20O2/c2*1-11-9-14(7-8-15(11)17-2)13-5-3-12(10-16)4-6-13/h7-9,12-13,16H,3-6,10H2,1-2H3;7-10,12-13H,3-6H2,1-2H3. The van der Waals surface area contributed by atoms with Gasteiger partial charge < -0.3 is 19.4 Å². The summed E-state index contributed by atoms with van der Waals surface area (Å²) in [5.41, 5.74) is 5.24. The van der Waals surface area contributed by atoms with E-state index in [1.165, 1.54) is 35.1 Å². The SMILES string of the molecule is COc1ccc(C2CCC(C=O)CC2)cc1C.COc1ccc(C2CCC(CO)CC2)cc1C. The Morgan fingerprint density at radius 1 is 0.765 bits per heavy atom. The molecule has 0 heterocycles. The minimum Gasteiger partial charge on any atom is -0.496 e. The lowest BCUT2D eigenvalue weighted by atomic mass is 9.79. The molecule has 0 aromatic heterocycles. The van der Waals surface area contributed by atoms with E-state index in [0.29, 0.717) is 30.3 Å². The Bertz CT molecular complexity index is 906. The van der Waals surface area contributed by atoms with Gasteiger partial charge in [-0.1, -0.05) is 24.3 Å². The molecule has 4 rings (SSSR count). The summed E-state index contributed by atoms with van der Waals surface area (Å²) >= 11 is 0. The Balaban J connectivity index is 0.000000191. The van der Waals surface area contributed by atoms with Crippen molar-refractivity contribution >= 4 is 6.29 Å². The number of carbonyl (C=O) groups excluding carboxylic acids is 1. The zero-order chi connectivity index (χ0) is 24.5. The number of methoxy groups -OCH3 is 2. The second kappa shape index (κ2) is 12.9. The molecule has 2 aromatic carbocycles. The smallest absolute Gasteiger partial charge is 0.123 e. The summed E-state index contributed by atoms with van der Waals surface area (Å²) in [6.45, 7) is 4.54. The number of aliphatic hydroxyl groups is 1. The average Bonchev–Trinajstić information content (AvgIpc) is 2.89. The summed E-state index contributed by atoms with van der Waals surface area (Å²) in [5, 5.41) is 9.14. The van der Waals surface area contributed by atoms with Crippen LogP contribution in [0.4, 0.5) is 0 Å². The number of aldehydes is 1. The summed E-state index contributed by atoms with van der Waals surface area (Å²) in [6, 6.07) is 13.0. The number of ether oxygens (including phenoxy) is 2. The van der Waals surface area contributed by atoms with Gasteiger partial charge in [0.25, 0.3) is 0 Å². The normalized spacial score (nSPS) is 24.5. The fourth-order valence-electron chi connectivity index (χ4n) is 5.58. The van der Waals surface area contributed by atoms with Crippen LogP contribution >= 0.6 is 0 Å². The molecule has 0 radical (unpaired) electrons. The maximum absolute atomic E-state index is 10.7. The third kappa shape index (κ3) is 6.85. The molecule has 1 N–H and O–H groups in total. The predicted octanol–water partition coefficient (Wildman–Crippen LogP) is 6.75. The van der Waals surface area contributed by atoms with Crippen molar-refractivity contribution in [3.8, 4) is 11.5 Å². The highest BCUT2D eigenvalue weighted by Crippen LogP contribution is 2.37. The molecule has 0 spiro atoms. The lowest BCUT2D eigenvalue weighted by molar-refractivity contribution is -0.111. The van der Waals surface area contributed by atoms with Crippen LogP contribution in [0, 0.1) is 25.7 Å². The van der Waals surface area contributed by atoms with Crippen molar-refractivity contribution in [1.82, 2.24) is 0 Å². The molecule has 4 heteroatoms. The fourth-order valence-corrected chi connectivity index (χ4v) is 5.58. The van der Waals surface area contributed by atoms with E-state index in [1.54, 1.807) is 14.2 Å². The van der Waals surface area contributed by atoms with Crippen LogP contribution in [-0.4, -0.2) is 32.2 Å². The van der Waals surface area contributed by atoms with Crippen molar-refractivity contribution in [3.05, 3.63) is 58.7 Å². The van der Waals surface area contributed by atoms with Gasteiger partial charge in [-0.3, -0.25) is 0 Å². The van der Waals surface area contributed by atoms with Gasteiger partial charge in [-0.25, -0.2) is 0 Å². The monoisotopic (exact) mass is 466 g/mol. The van der Waals surface area contributed by atoms with Crippen LogP contribution in [0.3, 0.4) is 0 Å². The van der Waals surface area contributed by atoms with Gasteiger partial charge >= 0.3 is 0 Å². The Morgan fingerprint density at radius 3 is 1.56 bits per heavy atom. The highest BCUT2D eigenvalue weighted by atomic mass is 16.5. The van der Waals surface area contributed by atoms with Crippen molar-refractivity contribution in [2.45, 2.75) is 77.0 Å². The topological polar surface area (TPSA) is 55.8 Å². The Morgan fingerprint density at radius 2 is 1.21 bits per heavy atom. The van der Waals surface area contributed by atoms with Crippen molar-refractivity contribution in [3.63, 3.8) is 0 Å². The highest BCUT2D eigenvalue weighted by molar-refractivity contribution is 5.53. The molecule has 0 unspecified atom stereocenters. The van der Waals surface area contributed by atoms with Gasteiger partial charge in [0.2, 0.25) is 0 Å². The molecular formula is C30H42O4. The Labute approximate surface area is 205 Å². The van der Waals surface area contributed by atoms with E-state index in [0.717, 1.165) is 56.3 Å². The molecular weight excluding hydrogens is 424 g/mol. The predicted molar refractivity (Wildman–Crippen MR) is 138 cm³/mol. The van der Waals surface area contributed by atoms with Gasteiger partial charge in [0.05, 0.1) is 14.2 Å². The third-order valence-corrected chi connectivity index (χ3v) is 7.85. The molecule has 0 aliphatic heterocycles. The van der Waals surface area contributed by atoms with Crippen LogP contribution in [0.2, 0.25) is 0 Å². The summed E-state index contributed by atoms with van der Waals surface area (Å²) in [4.78, 5) is 10.7. The van der Waals surface area contributed by atoms with Gasteiger partial charge in [0.15, 0.2) is 0 Å². The van der Waals surface area contributed by atoms with Gasteiger partial charge in [-0.05, 0) is 117 Å². The summed E-state index contributed by atoms with van der Waals surface area (Å²) in [5.74, 6) is 4.04. The number of carbonyl (C=O) groups is 1. The Hall–Kier alpha value is -2.33. The number of hydrogen-bond donors (Lipinski definition) is 1. The van der Waals surface area contributed by atoms with E-state index in [9.17, 15) is 4.79 Å². The number of aryl methyl sites for hydroxylation is 2. The maximum atomic E-state index is 10.7. The van der Waals surface area contributed by atoms with Crippen LogP contribution < -0.4 is 9.47 Å². The molecule has 2 aliphatic rings. The molecule has 4 nitrogen and oxygen atoms in total. The first-order valence-electron chi connectivity index (χ1n) is 12.8. The molecule has 2 fully saturated rings. The van der Waals surface area contributed by atoms with E-state index in [-0.39, 0.29) is 0 Å². The van der Waals surface area contributed by atoms with Gasteiger partial charge in [-0.15, -0.1) is 0 Å². The summed E-state index contributed by atoms with van der Waals surface area (Å²) in [7, 11) is 3.42. The molecule has 2 saturated carbocycles. The second-order valence-corrected chi connectivity index (χ2v) is 10.1. The quantitative estimate of drug-likeness (QED) is 0.479. The third-order valence-electron chi connectivity index (χ3n) is 7.85. The lowest BCUT2D eigenvalue weighted by Gasteiger charge is -2.28. The lowest BCUT2D eigenvalue weighted by Crippen LogP contribution is -2.16. The number of rotatable bonds is 6. The van der Waals surface area contributed by atoms with E-state index in [2.05, 4.69) is 50.2 Å². The van der Waals surface area contributed by atoms with Gasteiger partial charge in [0, 0.05) is 12.5 Å². The molecule has 186 valence electrons. The first-order chi connectivity index (χ1) is 16.5.